The molecule has 5 aromatic rings. The number of ether oxygens (including phenoxy) is 4. The molecule has 0 radical (unpaired) electrons. The van der Waals surface area contributed by atoms with Crippen molar-refractivity contribution in [1.82, 2.24) is 4.98 Å². The summed E-state index contributed by atoms with van der Waals surface area (Å²) < 4.78 is 22.1. The van der Waals surface area contributed by atoms with Crippen molar-refractivity contribution in [2.24, 2.45) is 0 Å². The van der Waals surface area contributed by atoms with Crippen LogP contribution in [-0.2, 0) is 10.2 Å². The van der Waals surface area contributed by atoms with E-state index in [-0.39, 0.29) is 16.7 Å². The third-order valence-corrected chi connectivity index (χ3v) is 7.25. The van der Waals surface area contributed by atoms with Crippen molar-refractivity contribution >= 4 is 45.7 Å². The minimum absolute atomic E-state index is 0.209. The molecular formula is C36H36N4O6. The van der Waals surface area contributed by atoms with E-state index in [2.05, 4.69) is 20.9 Å². The van der Waals surface area contributed by atoms with E-state index >= 15 is 0 Å². The fraction of sp³-hybridized carbons (Fsp3) is 0.194. The summed E-state index contributed by atoms with van der Waals surface area (Å²) in [6.45, 7) is 6.04. The molecule has 1 heterocycles. The van der Waals surface area contributed by atoms with Gasteiger partial charge in [-0.05, 0) is 53.4 Å². The van der Waals surface area contributed by atoms with Crippen molar-refractivity contribution in [3.05, 3.63) is 102 Å². The monoisotopic (exact) mass is 620 g/mol. The van der Waals surface area contributed by atoms with Gasteiger partial charge in [0.2, 0.25) is 0 Å². The lowest BCUT2D eigenvalue weighted by molar-refractivity contribution is 0.0597. The van der Waals surface area contributed by atoms with Gasteiger partial charge in [0.25, 0.3) is 0 Å². The van der Waals surface area contributed by atoms with Gasteiger partial charge in [-0.15, -0.1) is 0 Å². The normalized spacial score (nSPS) is 11.0. The van der Waals surface area contributed by atoms with Crippen LogP contribution in [0.4, 0.5) is 27.7 Å². The van der Waals surface area contributed by atoms with Crippen molar-refractivity contribution < 1.29 is 28.5 Å². The van der Waals surface area contributed by atoms with Crippen molar-refractivity contribution in [3.8, 4) is 23.0 Å². The van der Waals surface area contributed by atoms with Crippen LogP contribution in [0.1, 0.15) is 36.7 Å². The van der Waals surface area contributed by atoms with Gasteiger partial charge < -0.3 is 34.9 Å². The van der Waals surface area contributed by atoms with Gasteiger partial charge in [-0.25, -0.2) is 14.6 Å². The van der Waals surface area contributed by atoms with Gasteiger partial charge in [-0.2, -0.15) is 0 Å². The van der Waals surface area contributed by atoms with E-state index in [1.807, 2.05) is 69.3 Å². The number of nitrogens with zero attached hydrogens (tertiary/aromatic N) is 1. The van der Waals surface area contributed by atoms with Crippen LogP contribution in [0.15, 0.2) is 91.1 Å². The molecule has 0 spiro atoms. The number of carbonyl (C=O) groups excluding carboxylic acids is 2. The summed E-state index contributed by atoms with van der Waals surface area (Å²) in [5.41, 5.74) is 2.47. The molecule has 0 aliphatic heterocycles. The lowest BCUT2D eigenvalue weighted by Crippen LogP contribution is -2.22. The minimum atomic E-state index is -0.564. The van der Waals surface area contributed by atoms with Gasteiger partial charge in [0.1, 0.15) is 28.6 Å². The van der Waals surface area contributed by atoms with Crippen LogP contribution in [0, 0.1) is 0 Å². The molecule has 5 rings (SSSR count). The number of fused-ring (bicyclic) bond motifs is 1. The van der Waals surface area contributed by atoms with Gasteiger partial charge in [-0.3, -0.25) is 0 Å². The second kappa shape index (κ2) is 13.5. The number of aromatic nitrogens is 1. The van der Waals surface area contributed by atoms with Crippen LogP contribution in [0.3, 0.4) is 0 Å². The largest absolute Gasteiger partial charge is 0.497 e. The van der Waals surface area contributed by atoms with Crippen molar-refractivity contribution in [1.29, 1.82) is 0 Å². The van der Waals surface area contributed by atoms with Gasteiger partial charge in [0.05, 0.1) is 32.7 Å². The number of rotatable bonds is 9. The summed E-state index contributed by atoms with van der Waals surface area (Å²) in [7, 11) is 4.36. The molecule has 1 aromatic heterocycles. The molecular weight excluding hydrogens is 584 g/mol. The summed E-state index contributed by atoms with van der Waals surface area (Å²) in [5, 5.41) is 10.6. The molecule has 0 unspecified atom stereocenters. The third-order valence-electron chi connectivity index (χ3n) is 7.25. The Balaban J connectivity index is 1.39. The van der Waals surface area contributed by atoms with E-state index in [9.17, 15) is 9.59 Å². The van der Waals surface area contributed by atoms with Crippen LogP contribution >= 0.6 is 0 Å². The number of carbonyl (C=O) groups is 2. The summed E-state index contributed by atoms with van der Waals surface area (Å²) in [5.74, 6) is 2.16. The molecule has 3 N–H and O–H groups in total. The molecule has 0 atom stereocenters. The lowest BCUT2D eigenvalue weighted by atomic mass is 9.85. The minimum Gasteiger partial charge on any atom is -0.497 e. The van der Waals surface area contributed by atoms with Gasteiger partial charge in [0, 0.05) is 34.8 Å². The highest BCUT2D eigenvalue weighted by Gasteiger charge is 2.24. The quantitative estimate of drug-likeness (QED) is 0.140. The zero-order chi connectivity index (χ0) is 32.8. The van der Waals surface area contributed by atoms with Gasteiger partial charge >= 0.3 is 12.0 Å². The van der Waals surface area contributed by atoms with Crippen LogP contribution in [-0.4, -0.2) is 38.3 Å². The number of benzene rings is 4. The molecule has 0 saturated carbocycles. The Labute approximate surface area is 267 Å². The molecule has 0 aliphatic carbocycles. The molecule has 4 aromatic carbocycles. The van der Waals surface area contributed by atoms with Gasteiger partial charge in [-0.1, -0.05) is 51.1 Å². The number of hydrogen-bond acceptors (Lipinski definition) is 8. The zero-order valence-electron chi connectivity index (χ0n) is 26.6. The standard InChI is InChI=1S/C36H36N4O6/c1-36(2,3)22-18-28(34(41)45-6)33(44-5)30(19-22)40-35(42)39-29-14-15-31(27-13-8-7-12-26(27)29)46-25-16-17-37-32(21-25)38-23-10-9-11-24(20-23)43-4/h7-21H,1-6H3,(H,37,38)(H2,39,40,42). The number of urea groups is 1. The molecule has 0 aliphatic rings. The molecule has 46 heavy (non-hydrogen) atoms. The number of methoxy groups -OCH3 is 3. The molecule has 0 saturated heterocycles. The molecule has 2 amide bonds. The Morgan fingerprint density at radius 2 is 1.50 bits per heavy atom. The third kappa shape index (κ3) is 7.13. The molecule has 0 bridgehead atoms. The maximum absolute atomic E-state index is 13.4. The Bertz CT molecular complexity index is 1900. The lowest BCUT2D eigenvalue weighted by Gasteiger charge is -2.23. The highest BCUT2D eigenvalue weighted by atomic mass is 16.5. The second-order valence-electron chi connectivity index (χ2n) is 11.4. The summed E-state index contributed by atoms with van der Waals surface area (Å²) in [6, 6.07) is 25.3. The Morgan fingerprint density at radius 3 is 2.22 bits per heavy atom. The van der Waals surface area contributed by atoms with Crippen LogP contribution < -0.4 is 30.2 Å². The number of esters is 1. The fourth-order valence-electron chi connectivity index (χ4n) is 4.90. The Morgan fingerprint density at radius 1 is 0.739 bits per heavy atom. The molecule has 10 heteroatoms. The first-order valence-electron chi connectivity index (χ1n) is 14.5. The summed E-state index contributed by atoms with van der Waals surface area (Å²) in [6.07, 6.45) is 1.66. The molecule has 236 valence electrons. The van der Waals surface area contributed by atoms with E-state index in [1.54, 1.807) is 49.7 Å². The van der Waals surface area contributed by atoms with E-state index < -0.39 is 12.0 Å². The van der Waals surface area contributed by atoms with E-state index in [0.29, 0.717) is 28.7 Å². The van der Waals surface area contributed by atoms with Crippen LogP contribution in [0.25, 0.3) is 10.8 Å². The second-order valence-corrected chi connectivity index (χ2v) is 11.4. The number of anilines is 4. The first-order chi connectivity index (χ1) is 22.1. The first-order valence-corrected chi connectivity index (χ1v) is 14.5. The van der Waals surface area contributed by atoms with Crippen LogP contribution in [0.5, 0.6) is 23.0 Å². The Kier molecular flexibility index (Phi) is 9.27. The van der Waals surface area contributed by atoms with E-state index in [1.165, 1.54) is 14.2 Å². The number of pyridine rings is 1. The smallest absolute Gasteiger partial charge is 0.341 e. The number of nitrogens with one attached hydrogen (secondary N) is 3. The molecule has 0 fully saturated rings. The number of amides is 2. The highest BCUT2D eigenvalue weighted by Crippen LogP contribution is 2.37. The summed E-state index contributed by atoms with van der Waals surface area (Å²) in [4.78, 5) is 30.3. The maximum Gasteiger partial charge on any atom is 0.341 e. The van der Waals surface area contributed by atoms with E-state index in [0.717, 1.165) is 27.8 Å². The SMILES string of the molecule is COC(=O)c1cc(C(C)(C)C)cc(NC(=O)Nc2ccc(Oc3ccnc(Nc4cccc(OC)c4)c3)c3ccccc23)c1OC. The Hall–Kier alpha value is -5.77. The van der Waals surface area contributed by atoms with E-state index in [4.69, 9.17) is 18.9 Å². The topological polar surface area (TPSA) is 120 Å². The van der Waals surface area contributed by atoms with Crippen molar-refractivity contribution in [2.75, 3.05) is 37.3 Å². The average Bonchev–Trinajstić information content (AvgIpc) is 3.05. The van der Waals surface area contributed by atoms with Crippen molar-refractivity contribution in [3.63, 3.8) is 0 Å². The average molecular weight is 621 g/mol. The highest BCUT2D eigenvalue weighted by molar-refractivity contribution is 6.08. The summed E-state index contributed by atoms with van der Waals surface area (Å²) >= 11 is 0. The fourth-order valence-corrected chi connectivity index (χ4v) is 4.90. The van der Waals surface area contributed by atoms with Gasteiger partial charge in [0.15, 0.2) is 5.75 Å². The predicted octanol–water partition coefficient (Wildman–Crippen LogP) is 8.52. The molecule has 10 nitrogen and oxygen atoms in total. The predicted molar refractivity (Wildman–Crippen MR) is 180 cm³/mol. The zero-order valence-corrected chi connectivity index (χ0v) is 26.6. The maximum atomic E-state index is 13.4. The number of hydrogen-bond donors (Lipinski definition) is 3. The van der Waals surface area contributed by atoms with Crippen LogP contribution in [0.2, 0.25) is 0 Å². The van der Waals surface area contributed by atoms with Crippen molar-refractivity contribution in [2.45, 2.75) is 26.2 Å². The first kappa shape index (κ1) is 31.6.